The first kappa shape index (κ1) is 16.8. The van der Waals surface area contributed by atoms with Gasteiger partial charge in [-0.05, 0) is 43.2 Å². The zero-order valence-corrected chi connectivity index (χ0v) is 15.3. The maximum absolute atomic E-state index is 14.7. The summed E-state index contributed by atoms with van der Waals surface area (Å²) in [7, 11) is 1.90. The Bertz CT molecular complexity index is 960. The van der Waals surface area contributed by atoms with Crippen molar-refractivity contribution in [1.29, 1.82) is 0 Å². The van der Waals surface area contributed by atoms with Gasteiger partial charge in [0, 0.05) is 37.6 Å². The number of nitrogens with one attached hydrogen (secondary N) is 1. The molecular formula is C20H23FN4O. The number of aromatic nitrogens is 2. The van der Waals surface area contributed by atoms with E-state index in [2.05, 4.69) is 40.3 Å². The third kappa shape index (κ3) is 2.80. The smallest absolute Gasteiger partial charge is 0.220 e. The van der Waals surface area contributed by atoms with E-state index < -0.39 is 0 Å². The fourth-order valence-corrected chi connectivity index (χ4v) is 3.49. The van der Waals surface area contributed by atoms with E-state index in [-0.39, 0.29) is 5.95 Å². The van der Waals surface area contributed by atoms with Gasteiger partial charge in [-0.15, -0.1) is 0 Å². The van der Waals surface area contributed by atoms with Gasteiger partial charge in [0.25, 0.3) is 0 Å². The van der Waals surface area contributed by atoms with Crippen LogP contribution in [0.2, 0.25) is 0 Å². The molecule has 0 spiro atoms. The fraction of sp³-hybridized carbons (Fsp3) is 0.350. The van der Waals surface area contributed by atoms with Crippen molar-refractivity contribution in [3.05, 3.63) is 47.7 Å². The molecule has 1 aromatic carbocycles. The molecule has 3 aromatic rings. The lowest BCUT2D eigenvalue weighted by atomic mass is 10.0. The summed E-state index contributed by atoms with van der Waals surface area (Å²) in [6.45, 7) is 6.69. The van der Waals surface area contributed by atoms with Crippen LogP contribution in [-0.4, -0.2) is 42.7 Å². The summed E-state index contributed by atoms with van der Waals surface area (Å²) in [5.74, 6) is -0.307. The van der Waals surface area contributed by atoms with Crippen molar-refractivity contribution in [2.75, 3.05) is 43.6 Å². The number of hydrogen-bond acceptors (Lipinski definition) is 4. The highest BCUT2D eigenvalue weighted by Crippen LogP contribution is 2.33. The maximum Gasteiger partial charge on any atom is 0.220 e. The molecule has 1 aliphatic heterocycles. The second-order valence-electron chi connectivity index (χ2n) is 6.67. The highest BCUT2D eigenvalue weighted by atomic mass is 19.1. The Balaban J connectivity index is 1.94. The molecule has 3 heterocycles. The van der Waals surface area contributed by atoms with E-state index in [0.29, 0.717) is 24.6 Å². The van der Waals surface area contributed by atoms with Crippen molar-refractivity contribution in [3.63, 3.8) is 0 Å². The molecule has 1 fully saturated rings. The summed E-state index contributed by atoms with van der Waals surface area (Å²) >= 11 is 0. The molecule has 0 saturated carbocycles. The predicted octanol–water partition coefficient (Wildman–Crippen LogP) is 3.64. The molecule has 2 aromatic heterocycles. The average Bonchev–Trinajstić information content (AvgIpc) is 2.96. The van der Waals surface area contributed by atoms with E-state index in [0.717, 1.165) is 41.2 Å². The second-order valence-corrected chi connectivity index (χ2v) is 6.67. The van der Waals surface area contributed by atoms with Gasteiger partial charge < -0.3 is 15.0 Å². The number of hydrogen-bond donors (Lipinski definition) is 1. The number of ether oxygens (including phenoxy) is 1. The van der Waals surface area contributed by atoms with Crippen LogP contribution in [0.1, 0.15) is 11.3 Å². The molecule has 4 rings (SSSR count). The molecule has 0 aliphatic carbocycles. The summed E-state index contributed by atoms with van der Waals surface area (Å²) in [6, 6.07) is 8.34. The summed E-state index contributed by atoms with van der Waals surface area (Å²) in [5, 5.41) is 3.17. The number of benzene rings is 1. The highest BCUT2D eigenvalue weighted by molar-refractivity contribution is 5.80. The van der Waals surface area contributed by atoms with Crippen LogP contribution in [0.5, 0.6) is 0 Å². The minimum atomic E-state index is -0.307. The Morgan fingerprint density at radius 3 is 2.65 bits per heavy atom. The quantitative estimate of drug-likeness (QED) is 0.780. The van der Waals surface area contributed by atoms with E-state index in [9.17, 15) is 4.39 Å². The summed E-state index contributed by atoms with van der Waals surface area (Å²) in [5.41, 5.74) is 6.26. The van der Waals surface area contributed by atoms with Crippen LogP contribution in [0, 0.1) is 19.8 Å². The van der Waals surface area contributed by atoms with Crippen molar-refractivity contribution in [2.24, 2.45) is 0 Å². The van der Waals surface area contributed by atoms with Crippen LogP contribution >= 0.6 is 0 Å². The first-order valence-electron chi connectivity index (χ1n) is 8.88. The molecular weight excluding hydrogens is 331 g/mol. The number of morpholine rings is 1. The van der Waals surface area contributed by atoms with Crippen molar-refractivity contribution >= 4 is 17.0 Å². The van der Waals surface area contributed by atoms with Gasteiger partial charge in [0.05, 0.1) is 24.6 Å². The Morgan fingerprint density at radius 1 is 1.15 bits per heavy atom. The number of pyridine rings is 1. The van der Waals surface area contributed by atoms with E-state index in [1.807, 2.05) is 19.3 Å². The lowest BCUT2D eigenvalue weighted by Gasteiger charge is -2.29. The zero-order valence-electron chi connectivity index (χ0n) is 15.3. The molecule has 1 N–H and O–H groups in total. The molecule has 1 saturated heterocycles. The Labute approximate surface area is 152 Å². The average molecular weight is 354 g/mol. The number of fused-ring (bicyclic) bond motifs is 1. The third-order valence-corrected chi connectivity index (χ3v) is 4.99. The van der Waals surface area contributed by atoms with Gasteiger partial charge in [-0.25, -0.2) is 4.98 Å². The van der Waals surface area contributed by atoms with E-state index >= 15 is 0 Å². The summed E-state index contributed by atoms with van der Waals surface area (Å²) < 4.78 is 21.7. The minimum Gasteiger partial charge on any atom is -0.388 e. The van der Waals surface area contributed by atoms with Gasteiger partial charge in [-0.3, -0.25) is 4.40 Å². The van der Waals surface area contributed by atoms with Gasteiger partial charge in [-0.1, -0.05) is 6.07 Å². The second kappa shape index (κ2) is 6.61. The van der Waals surface area contributed by atoms with Crippen molar-refractivity contribution in [3.8, 4) is 11.1 Å². The van der Waals surface area contributed by atoms with E-state index in [1.165, 1.54) is 0 Å². The molecule has 26 heavy (non-hydrogen) atoms. The lowest BCUT2D eigenvalue weighted by molar-refractivity contribution is 0.123. The number of nitrogens with zero attached hydrogens (tertiary/aromatic N) is 3. The largest absolute Gasteiger partial charge is 0.388 e. The standard InChI is InChI=1S/C20H23FN4O/c1-13-4-5-16(22-3)11-17(13)15-10-18(24-6-8-26-9-7-24)20-23-14(2)19(21)25(20)12-15/h4-5,10-12,22H,6-9H2,1-3H3. The molecule has 0 amide bonds. The first-order chi connectivity index (χ1) is 12.6. The molecule has 1 aliphatic rings. The molecule has 6 heteroatoms. The molecule has 0 atom stereocenters. The fourth-order valence-electron chi connectivity index (χ4n) is 3.49. The SMILES string of the molecule is CNc1ccc(C)c(-c2cc(N3CCOCC3)c3nc(C)c(F)n3c2)c1. The van der Waals surface area contributed by atoms with Crippen molar-refractivity contribution < 1.29 is 9.13 Å². The first-order valence-corrected chi connectivity index (χ1v) is 8.88. The van der Waals surface area contributed by atoms with Crippen LogP contribution in [0.3, 0.4) is 0 Å². The van der Waals surface area contributed by atoms with Crippen LogP contribution < -0.4 is 10.2 Å². The minimum absolute atomic E-state index is 0.307. The topological polar surface area (TPSA) is 41.8 Å². The number of aryl methyl sites for hydroxylation is 2. The molecule has 5 nitrogen and oxygen atoms in total. The lowest BCUT2D eigenvalue weighted by Crippen LogP contribution is -2.36. The van der Waals surface area contributed by atoms with Gasteiger partial charge in [0.2, 0.25) is 5.95 Å². The van der Waals surface area contributed by atoms with Gasteiger partial charge >= 0.3 is 0 Å². The highest BCUT2D eigenvalue weighted by Gasteiger charge is 2.20. The Kier molecular flexibility index (Phi) is 4.28. The molecule has 0 bridgehead atoms. The third-order valence-electron chi connectivity index (χ3n) is 4.99. The summed E-state index contributed by atoms with van der Waals surface area (Å²) in [6.07, 6.45) is 1.84. The van der Waals surface area contributed by atoms with Crippen molar-refractivity contribution in [1.82, 2.24) is 9.38 Å². The maximum atomic E-state index is 14.7. The monoisotopic (exact) mass is 354 g/mol. The van der Waals surface area contributed by atoms with Gasteiger partial charge in [-0.2, -0.15) is 4.39 Å². The molecule has 0 radical (unpaired) electrons. The molecule has 136 valence electrons. The number of rotatable bonds is 3. The van der Waals surface area contributed by atoms with E-state index in [4.69, 9.17) is 4.74 Å². The zero-order chi connectivity index (χ0) is 18.3. The van der Waals surface area contributed by atoms with E-state index in [1.54, 1.807) is 11.3 Å². The summed E-state index contributed by atoms with van der Waals surface area (Å²) in [4.78, 5) is 6.70. The number of halogens is 1. The number of imidazole rings is 1. The molecule has 0 unspecified atom stereocenters. The van der Waals surface area contributed by atoms with Crippen LogP contribution in [-0.2, 0) is 4.74 Å². The van der Waals surface area contributed by atoms with Gasteiger partial charge in [0.15, 0.2) is 5.65 Å². The number of anilines is 2. The van der Waals surface area contributed by atoms with Crippen LogP contribution in [0.25, 0.3) is 16.8 Å². The Hall–Kier alpha value is -2.60. The van der Waals surface area contributed by atoms with Gasteiger partial charge in [0.1, 0.15) is 0 Å². The predicted molar refractivity (Wildman–Crippen MR) is 103 cm³/mol. The van der Waals surface area contributed by atoms with Crippen molar-refractivity contribution in [2.45, 2.75) is 13.8 Å². The Morgan fingerprint density at radius 2 is 1.92 bits per heavy atom. The van der Waals surface area contributed by atoms with Crippen LogP contribution in [0.15, 0.2) is 30.5 Å². The van der Waals surface area contributed by atoms with Crippen LogP contribution in [0.4, 0.5) is 15.8 Å². The normalized spacial score (nSPS) is 14.8.